The lowest BCUT2D eigenvalue weighted by Gasteiger charge is -2.17. The molecule has 1 unspecified atom stereocenters. The zero-order valence-electron chi connectivity index (χ0n) is 7.33. The Bertz CT molecular complexity index is 224. The summed E-state index contributed by atoms with van der Waals surface area (Å²) in [5.41, 5.74) is -0.145. The molecule has 4 nitrogen and oxygen atoms in total. The van der Waals surface area contributed by atoms with Gasteiger partial charge in [-0.25, -0.2) is 0 Å². The molecule has 4 heteroatoms. The third kappa shape index (κ3) is 1.29. The molecule has 1 aliphatic carbocycles. The fourth-order valence-corrected chi connectivity index (χ4v) is 1.52. The fourth-order valence-electron chi connectivity index (χ4n) is 1.52. The van der Waals surface area contributed by atoms with Gasteiger partial charge in [0.2, 0.25) is 0 Å². The Kier molecular flexibility index (Phi) is 2.35. The predicted octanol–water partition coefficient (Wildman–Crippen LogP) is 1.26. The Morgan fingerprint density at radius 1 is 1.75 bits per heavy atom. The van der Waals surface area contributed by atoms with E-state index in [0.29, 0.717) is 12.1 Å². The van der Waals surface area contributed by atoms with E-state index in [4.69, 9.17) is 5.11 Å². The number of hydrogen-bond acceptors (Lipinski definition) is 3. The molecule has 0 spiro atoms. The van der Waals surface area contributed by atoms with E-state index in [0.717, 1.165) is 12.8 Å². The van der Waals surface area contributed by atoms with Crippen LogP contribution in [0.2, 0.25) is 0 Å². The van der Waals surface area contributed by atoms with Gasteiger partial charge >= 0.3 is 5.97 Å². The average molecular weight is 171 g/mol. The molecular weight excluding hydrogens is 158 g/mol. The number of oxime groups is 1. The molecule has 1 N–H and O–H groups in total. The van der Waals surface area contributed by atoms with Gasteiger partial charge in [0.25, 0.3) is 0 Å². The maximum Gasteiger partial charge on any atom is 0.315 e. The van der Waals surface area contributed by atoms with Crippen molar-refractivity contribution in [2.24, 2.45) is 10.6 Å². The molecule has 0 radical (unpaired) electrons. The second-order valence-electron chi connectivity index (χ2n) is 3.21. The van der Waals surface area contributed by atoms with E-state index >= 15 is 0 Å². The van der Waals surface area contributed by atoms with Crippen molar-refractivity contribution >= 4 is 11.7 Å². The fraction of sp³-hybridized carbons (Fsp3) is 0.750. The van der Waals surface area contributed by atoms with Gasteiger partial charge in [0.1, 0.15) is 12.5 Å². The number of aliphatic carboxylic acids is 1. The van der Waals surface area contributed by atoms with Gasteiger partial charge in [0, 0.05) is 0 Å². The highest BCUT2D eigenvalue weighted by Crippen LogP contribution is 2.35. The lowest BCUT2D eigenvalue weighted by Crippen LogP contribution is -2.31. The molecule has 1 atom stereocenters. The maximum absolute atomic E-state index is 10.9. The topological polar surface area (TPSA) is 58.9 Å². The third-order valence-corrected chi connectivity index (χ3v) is 2.40. The quantitative estimate of drug-likeness (QED) is 0.636. The molecule has 1 saturated carbocycles. The Morgan fingerprint density at radius 2 is 2.42 bits per heavy atom. The minimum Gasteiger partial charge on any atom is -0.481 e. The lowest BCUT2D eigenvalue weighted by atomic mass is 9.87. The number of hydrogen-bond donors (Lipinski definition) is 1. The summed E-state index contributed by atoms with van der Waals surface area (Å²) in [5.74, 6) is -0.809. The molecule has 0 amide bonds. The number of carboxylic acid groups (broad SMARTS) is 1. The molecule has 0 saturated heterocycles. The van der Waals surface area contributed by atoms with Crippen LogP contribution in [0.15, 0.2) is 5.16 Å². The molecule has 0 aromatic rings. The van der Waals surface area contributed by atoms with E-state index in [1.54, 1.807) is 6.92 Å². The lowest BCUT2D eigenvalue weighted by molar-refractivity contribution is -0.144. The second kappa shape index (κ2) is 3.13. The first kappa shape index (κ1) is 9.03. The van der Waals surface area contributed by atoms with E-state index in [9.17, 15) is 4.79 Å². The molecule has 0 heterocycles. The highest BCUT2D eigenvalue weighted by atomic mass is 16.6. The third-order valence-electron chi connectivity index (χ3n) is 2.40. The van der Waals surface area contributed by atoms with Gasteiger partial charge in [-0.05, 0) is 26.2 Å². The summed E-state index contributed by atoms with van der Waals surface area (Å²) in [6.07, 6.45) is 2.27. The molecule has 68 valence electrons. The average Bonchev–Trinajstić information content (AvgIpc) is 2.35. The van der Waals surface area contributed by atoms with Crippen molar-refractivity contribution in [2.45, 2.75) is 26.2 Å². The second-order valence-corrected chi connectivity index (χ2v) is 3.21. The first-order valence-corrected chi connectivity index (χ1v) is 3.95. The van der Waals surface area contributed by atoms with Crippen molar-refractivity contribution in [3.05, 3.63) is 0 Å². The molecule has 1 fully saturated rings. The van der Waals surface area contributed by atoms with Gasteiger partial charge in [-0.3, -0.25) is 4.79 Å². The van der Waals surface area contributed by atoms with Crippen molar-refractivity contribution < 1.29 is 14.7 Å². The van der Waals surface area contributed by atoms with Crippen LogP contribution in [0.3, 0.4) is 0 Å². The molecule has 0 aliphatic heterocycles. The first-order chi connectivity index (χ1) is 5.61. The number of nitrogens with zero attached hydrogens (tertiary/aromatic N) is 1. The van der Waals surface area contributed by atoms with Crippen molar-refractivity contribution in [1.82, 2.24) is 0 Å². The number of carboxylic acids is 1. The van der Waals surface area contributed by atoms with Crippen LogP contribution in [0.1, 0.15) is 26.2 Å². The van der Waals surface area contributed by atoms with Crippen LogP contribution in [0.4, 0.5) is 0 Å². The standard InChI is InChI=1S/C8H13NO3/c1-8(7(10)11)5-3-4-6(8)9-12-2/h3-5H2,1-2H3,(H,10,11). The Morgan fingerprint density at radius 3 is 2.92 bits per heavy atom. The minimum atomic E-state index is -0.809. The molecule has 0 bridgehead atoms. The van der Waals surface area contributed by atoms with Gasteiger partial charge < -0.3 is 9.94 Å². The van der Waals surface area contributed by atoms with E-state index in [1.165, 1.54) is 7.11 Å². The zero-order chi connectivity index (χ0) is 9.19. The van der Waals surface area contributed by atoms with E-state index in [-0.39, 0.29) is 0 Å². The molecule has 1 rings (SSSR count). The van der Waals surface area contributed by atoms with E-state index in [1.807, 2.05) is 0 Å². The number of carbonyl (C=O) groups is 1. The van der Waals surface area contributed by atoms with Crippen LogP contribution < -0.4 is 0 Å². The minimum absolute atomic E-state index is 0.650. The smallest absolute Gasteiger partial charge is 0.315 e. The van der Waals surface area contributed by atoms with Gasteiger partial charge in [-0.2, -0.15) is 0 Å². The van der Waals surface area contributed by atoms with Crippen LogP contribution in [0, 0.1) is 5.41 Å². The van der Waals surface area contributed by atoms with Gasteiger partial charge in [-0.1, -0.05) is 5.16 Å². The first-order valence-electron chi connectivity index (χ1n) is 3.95. The Hall–Kier alpha value is -1.06. The molecule has 0 aromatic carbocycles. The molecule has 1 aliphatic rings. The van der Waals surface area contributed by atoms with Gasteiger partial charge in [0.15, 0.2) is 0 Å². The zero-order valence-corrected chi connectivity index (χ0v) is 7.33. The van der Waals surface area contributed by atoms with Crippen LogP contribution in [-0.4, -0.2) is 23.9 Å². The van der Waals surface area contributed by atoms with Crippen molar-refractivity contribution in [1.29, 1.82) is 0 Å². The van der Waals surface area contributed by atoms with Crippen molar-refractivity contribution in [3.63, 3.8) is 0 Å². The van der Waals surface area contributed by atoms with E-state index in [2.05, 4.69) is 9.99 Å². The van der Waals surface area contributed by atoms with Crippen LogP contribution in [0.5, 0.6) is 0 Å². The predicted molar refractivity (Wildman–Crippen MR) is 44.0 cm³/mol. The normalized spacial score (nSPS) is 32.3. The summed E-state index contributed by atoms with van der Waals surface area (Å²) in [4.78, 5) is 15.5. The molecule has 12 heavy (non-hydrogen) atoms. The van der Waals surface area contributed by atoms with E-state index < -0.39 is 11.4 Å². The highest BCUT2D eigenvalue weighted by Gasteiger charge is 2.42. The van der Waals surface area contributed by atoms with Crippen LogP contribution in [-0.2, 0) is 9.63 Å². The summed E-state index contributed by atoms with van der Waals surface area (Å²) in [7, 11) is 1.44. The largest absolute Gasteiger partial charge is 0.481 e. The van der Waals surface area contributed by atoms with Crippen LogP contribution in [0.25, 0.3) is 0 Å². The molecular formula is C8H13NO3. The SMILES string of the molecule is CON=C1CCCC1(C)C(=O)O. The Labute approximate surface area is 71.2 Å². The van der Waals surface area contributed by atoms with Gasteiger partial charge in [0.05, 0.1) is 5.71 Å². The van der Waals surface area contributed by atoms with Gasteiger partial charge in [-0.15, -0.1) is 0 Å². The maximum atomic E-state index is 10.9. The summed E-state index contributed by atoms with van der Waals surface area (Å²) < 4.78 is 0. The molecule has 0 aromatic heterocycles. The number of rotatable bonds is 2. The monoisotopic (exact) mass is 171 g/mol. The summed E-state index contributed by atoms with van der Waals surface area (Å²) in [6, 6.07) is 0. The van der Waals surface area contributed by atoms with Crippen molar-refractivity contribution in [3.8, 4) is 0 Å². The van der Waals surface area contributed by atoms with Crippen LogP contribution >= 0.6 is 0 Å². The summed E-state index contributed by atoms with van der Waals surface area (Å²) >= 11 is 0. The van der Waals surface area contributed by atoms with Crippen molar-refractivity contribution in [2.75, 3.05) is 7.11 Å². The Balaban J connectivity index is 2.89. The summed E-state index contributed by atoms with van der Waals surface area (Å²) in [6.45, 7) is 1.69. The summed E-state index contributed by atoms with van der Waals surface area (Å²) in [5, 5.41) is 12.7. The highest BCUT2D eigenvalue weighted by molar-refractivity contribution is 6.06.